The molecular weight excluding hydrogens is 214 g/mol. The summed E-state index contributed by atoms with van der Waals surface area (Å²) < 4.78 is 5.15. The van der Waals surface area contributed by atoms with Crippen molar-refractivity contribution in [3.05, 3.63) is 11.5 Å². The predicted octanol–water partition coefficient (Wildman–Crippen LogP) is 2.74. The Bertz CT molecular complexity index is 341. The number of methoxy groups -OCH3 is 1. The minimum absolute atomic E-state index is 0.0506. The second kappa shape index (κ2) is 4.66. The summed E-state index contributed by atoms with van der Waals surface area (Å²) in [5.74, 6) is 1.12. The Hall–Kier alpha value is -1.03. The number of halogens is 1. The molecule has 1 rings (SSSR count). The van der Waals surface area contributed by atoms with Crippen molar-refractivity contribution in [3.8, 4) is 5.75 Å². The molecule has 5 heteroatoms. The van der Waals surface area contributed by atoms with E-state index in [1.54, 1.807) is 7.11 Å². The van der Waals surface area contributed by atoms with Crippen molar-refractivity contribution >= 4 is 17.4 Å². The van der Waals surface area contributed by atoms with Gasteiger partial charge in [-0.2, -0.15) is 0 Å². The molecule has 0 saturated carbocycles. The summed E-state index contributed by atoms with van der Waals surface area (Å²) in [5.41, 5.74) is -0.0506. The smallest absolute Gasteiger partial charge is 0.198 e. The maximum Gasteiger partial charge on any atom is 0.198 e. The molecule has 4 nitrogen and oxygen atoms in total. The van der Waals surface area contributed by atoms with Gasteiger partial charge in [0.05, 0.1) is 7.11 Å². The van der Waals surface area contributed by atoms with Crippen LogP contribution in [-0.4, -0.2) is 22.6 Å². The van der Waals surface area contributed by atoms with E-state index in [9.17, 15) is 0 Å². The van der Waals surface area contributed by atoms with Gasteiger partial charge < -0.3 is 10.1 Å². The van der Waals surface area contributed by atoms with E-state index in [0.717, 1.165) is 6.42 Å². The molecule has 0 unspecified atom stereocenters. The van der Waals surface area contributed by atoms with Crippen LogP contribution in [0, 0.1) is 0 Å². The molecule has 1 aromatic rings. The average Bonchev–Trinajstić information content (AvgIpc) is 2.18. The van der Waals surface area contributed by atoms with Gasteiger partial charge in [-0.25, -0.2) is 9.97 Å². The fourth-order valence-electron chi connectivity index (χ4n) is 1.03. The number of aromatic nitrogens is 2. The minimum atomic E-state index is -0.0506. The monoisotopic (exact) mass is 229 g/mol. The number of ether oxygens (including phenoxy) is 1. The normalized spacial score (nSPS) is 11.3. The van der Waals surface area contributed by atoms with Crippen LogP contribution in [0.1, 0.15) is 27.2 Å². The lowest BCUT2D eigenvalue weighted by atomic mass is 10.0. The molecule has 0 aliphatic rings. The first-order chi connectivity index (χ1) is 7.00. The minimum Gasteiger partial charge on any atom is -0.490 e. The Morgan fingerprint density at radius 1 is 1.47 bits per heavy atom. The molecule has 0 radical (unpaired) electrons. The quantitative estimate of drug-likeness (QED) is 0.807. The number of nitrogens with one attached hydrogen (secondary N) is 1. The fraction of sp³-hybridized carbons (Fsp3) is 0.600. The van der Waals surface area contributed by atoms with Crippen LogP contribution in [-0.2, 0) is 0 Å². The van der Waals surface area contributed by atoms with Crippen LogP contribution < -0.4 is 10.1 Å². The van der Waals surface area contributed by atoms with E-state index < -0.39 is 0 Å². The molecule has 0 amide bonds. The molecule has 0 aliphatic heterocycles. The van der Waals surface area contributed by atoms with Crippen LogP contribution in [0.3, 0.4) is 0 Å². The Labute approximate surface area is 95.0 Å². The summed E-state index contributed by atoms with van der Waals surface area (Å²) >= 11 is 5.89. The van der Waals surface area contributed by atoms with E-state index in [1.165, 1.54) is 6.33 Å². The lowest BCUT2D eigenvalue weighted by molar-refractivity contribution is 0.410. The first-order valence-corrected chi connectivity index (χ1v) is 5.20. The highest BCUT2D eigenvalue weighted by Crippen LogP contribution is 2.30. The number of hydrogen-bond acceptors (Lipinski definition) is 4. The van der Waals surface area contributed by atoms with E-state index in [1.807, 2.05) is 0 Å². The number of rotatable bonds is 4. The predicted molar refractivity (Wildman–Crippen MR) is 61.6 cm³/mol. The van der Waals surface area contributed by atoms with Gasteiger partial charge in [-0.1, -0.05) is 18.5 Å². The molecule has 0 fully saturated rings. The van der Waals surface area contributed by atoms with Crippen LogP contribution in [0.15, 0.2) is 6.33 Å². The van der Waals surface area contributed by atoms with Crippen molar-refractivity contribution in [1.29, 1.82) is 0 Å². The zero-order chi connectivity index (χ0) is 11.5. The lowest BCUT2D eigenvalue weighted by Crippen LogP contribution is -2.30. The topological polar surface area (TPSA) is 47.0 Å². The van der Waals surface area contributed by atoms with Gasteiger partial charge in [-0.3, -0.25) is 0 Å². The van der Waals surface area contributed by atoms with Crippen molar-refractivity contribution in [3.63, 3.8) is 0 Å². The Kier molecular flexibility index (Phi) is 3.74. The Morgan fingerprint density at radius 3 is 2.67 bits per heavy atom. The molecule has 0 aromatic carbocycles. The summed E-state index contributed by atoms with van der Waals surface area (Å²) in [7, 11) is 1.55. The third-order valence-corrected chi connectivity index (χ3v) is 2.57. The number of hydrogen-bond donors (Lipinski definition) is 1. The standard InChI is InChI=1S/C10H16ClN3O/c1-5-10(2,3)14-9-7(15-4)8(11)12-6-13-9/h6H,5H2,1-4H3,(H,12,13,14). The highest BCUT2D eigenvalue weighted by molar-refractivity contribution is 6.31. The van der Waals surface area contributed by atoms with Gasteiger partial charge in [0.15, 0.2) is 16.7 Å². The highest BCUT2D eigenvalue weighted by Gasteiger charge is 2.19. The molecule has 1 N–H and O–H groups in total. The fourth-order valence-corrected chi connectivity index (χ4v) is 1.24. The molecule has 84 valence electrons. The van der Waals surface area contributed by atoms with E-state index in [2.05, 4.69) is 36.1 Å². The molecular formula is C10H16ClN3O. The second-order valence-electron chi connectivity index (χ2n) is 3.91. The maximum absolute atomic E-state index is 5.89. The highest BCUT2D eigenvalue weighted by atomic mass is 35.5. The molecule has 15 heavy (non-hydrogen) atoms. The van der Waals surface area contributed by atoms with E-state index in [0.29, 0.717) is 16.7 Å². The van der Waals surface area contributed by atoms with Crippen LogP contribution in [0.2, 0.25) is 5.15 Å². The molecule has 0 saturated heterocycles. The zero-order valence-corrected chi connectivity index (χ0v) is 10.2. The van der Waals surface area contributed by atoms with Crippen molar-refractivity contribution in [2.75, 3.05) is 12.4 Å². The van der Waals surface area contributed by atoms with Crippen molar-refractivity contribution in [2.24, 2.45) is 0 Å². The van der Waals surface area contributed by atoms with Gasteiger partial charge in [0.1, 0.15) is 6.33 Å². The van der Waals surface area contributed by atoms with Gasteiger partial charge in [0, 0.05) is 5.54 Å². The third kappa shape index (κ3) is 2.96. The van der Waals surface area contributed by atoms with Gasteiger partial charge in [0.25, 0.3) is 0 Å². The summed E-state index contributed by atoms with van der Waals surface area (Å²) in [6, 6.07) is 0. The van der Waals surface area contributed by atoms with Crippen LogP contribution in [0.25, 0.3) is 0 Å². The van der Waals surface area contributed by atoms with Gasteiger partial charge in [-0.05, 0) is 20.3 Å². The van der Waals surface area contributed by atoms with Crippen molar-refractivity contribution < 1.29 is 4.74 Å². The first kappa shape index (κ1) is 12.0. The van der Waals surface area contributed by atoms with E-state index >= 15 is 0 Å². The largest absolute Gasteiger partial charge is 0.490 e. The molecule has 0 aliphatic carbocycles. The first-order valence-electron chi connectivity index (χ1n) is 4.83. The van der Waals surface area contributed by atoms with Gasteiger partial charge >= 0.3 is 0 Å². The summed E-state index contributed by atoms with van der Waals surface area (Å²) in [6.45, 7) is 6.27. The molecule has 1 aromatic heterocycles. The average molecular weight is 230 g/mol. The van der Waals surface area contributed by atoms with E-state index in [-0.39, 0.29) is 5.54 Å². The van der Waals surface area contributed by atoms with Gasteiger partial charge in [0.2, 0.25) is 0 Å². The van der Waals surface area contributed by atoms with E-state index in [4.69, 9.17) is 16.3 Å². The number of anilines is 1. The number of nitrogens with zero attached hydrogens (tertiary/aromatic N) is 2. The maximum atomic E-state index is 5.89. The summed E-state index contributed by atoms with van der Waals surface area (Å²) in [6.07, 6.45) is 2.39. The Balaban J connectivity index is 2.99. The summed E-state index contributed by atoms with van der Waals surface area (Å²) in [5, 5.41) is 3.59. The van der Waals surface area contributed by atoms with Crippen LogP contribution >= 0.6 is 11.6 Å². The Morgan fingerprint density at radius 2 is 2.13 bits per heavy atom. The SMILES string of the molecule is CCC(C)(C)Nc1ncnc(Cl)c1OC. The lowest BCUT2D eigenvalue weighted by Gasteiger charge is -2.26. The third-order valence-electron chi connectivity index (χ3n) is 2.31. The molecule has 0 atom stereocenters. The molecule has 1 heterocycles. The van der Waals surface area contributed by atoms with Crippen LogP contribution in [0.4, 0.5) is 5.82 Å². The van der Waals surface area contributed by atoms with Crippen molar-refractivity contribution in [2.45, 2.75) is 32.7 Å². The zero-order valence-electron chi connectivity index (χ0n) is 9.47. The molecule has 0 bridgehead atoms. The molecule has 0 spiro atoms. The van der Waals surface area contributed by atoms with Crippen molar-refractivity contribution in [1.82, 2.24) is 9.97 Å². The van der Waals surface area contributed by atoms with Crippen LogP contribution in [0.5, 0.6) is 5.75 Å². The van der Waals surface area contributed by atoms with Gasteiger partial charge in [-0.15, -0.1) is 0 Å². The summed E-state index contributed by atoms with van der Waals surface area (Å²) in [4.78, 5) is 7.97. The second-order valence-corrected chi connectivity index (χ2v) is 4.27.